The van der Waals surface area contributed by atoms with E-state index < -0.39 is 51.6 Å². The predicted molar refractivity (Wildman–Crippen MR) is 79.0 cm³/mol. The number of rotatable bonds is 7. The van der Waals surface area contributed by atoms with Gasteiger partial charge >= 0.3 is 11.9 Å². The van der Waals surface area contributed by atoms with Crippen molar-refractivity contribution in [1.29, 1.82) is 0 Å². The Bertz CT molecular complexity index is 644. The third kappa shape index (κ3) is 4.00. The summed E-state index contributed by atoms with van der Waals surface area (Å²) in [4.78, 5) is 36.3. The molecule has 0 saturated carbocycles. The summed E-state index contributed by atoms with van der Waals surface area (Å²) in [5.41, 5.74) is -0.599. The summed E-state index contributed by atoms with van der Waals surface area (Å²) in [6, 6.07) is 0.480. The van der Waals surface area contributed by atoms with E-state index in [-0.39, 0.29) is 13.2 Å². The number of Topliss-reactive ketones (excluding diaryl/α,β-unsaturated/α-hetero) is 1. The van der Waals surface area contributed by atoms with Gasteiger partial charge in [-0.25, -0.2) is 4.39 Å². The van der Waals surface area contributed by atoms with Crippen molar-refractivity contribution >= 4 is 29.3 Å². The van der Waals surface area contributed by atoms with Gasteiger partial charge in [-0.2, -0.15) is 4.39 Å². The van der Waals surface area contributed by atoms with E-state index in [4.69, 9.17) is 11.6 Å². The third-order valence-electron chi connectivity index (χ3n) is 2.89. The average molecular weight is 365 g/mol. The molecule has 0 unspecified atom stereocenters. The molecule has 0 radical (unpaired) electrons. The minimum Gasteiger partial charge on any atom is -0.492 e. The Labute approximate surface area is 141 Å². The molecular weight excluding hydrogens is 350 g/mol. The summed E-state index contributed by atoms with van der Waals surface area (Å²) in [7, 11) is 1.02. The van der Waals surface area contributed by atoms with Gasteiger partial charge in [0.15, 0.2) is 17.3 Å². The van der Waals surface area contributed by atoms with Crippen molar-refractivity contribution in [2.24, 2.45) is 5.92 Å². The molecule has 0 fully saturated rings. The third-order valence-corrected chi connectivity index (χ3v) is 3.27. The second-order valence-corrected chi connectivity index (χ2v) is 4.75. The van der Waals surface area contributed by atoms with Crippen LogP contribution in [-0.4, -0.2) is 38.0 Å². The lowest BCUT2D eigenvalue weighted by atomic mass is 9.97. The van der Waals surface area contributed by atoms with Crippen LogP contribution in [-0.2, 0) is 19.1 Å². The Morgan fingerprint density at radius 2 is 1.62 bits per heavy atom. The highest BCUT2D eigenvalue weighted by Crippen LogP contribution is 2.34. The van der Waals surface area contributed by atoms with Crippen LogP contribution in [0, 0.1) is 17.6 Å². The highest BCUT2D eigenvalue weighted by atomic mass is 35.5. The summed E-state index contributed by atoms with van der Waals surface area (Å²) in [6.45, 7) is 2.74. The molecule has 0 N–H and O–H groups in total. The fourth-order valence-electron chi connectivity index (χ4n) is 1.86. The molecule has 0 atom stereocenters. The lowest BCUT2D eigenvalue weighted by Crippen LogP contribution is -2.35. The van der Waals surface area contributed by atoms with Crippen molar-refractivity contribution in [3.05, 3.63) is 28.3 Å². The van der Waals surface area contributed by atoms with E-state index in [2.05, 4.69) is 14.2 Å². The van der Waals surface area contributed by atoms with Crippen molar-refractivity contribution in [2.75, 3.05) is 20.3 Å². The molecule has 0 bridgehead atoms. The van der Waals surface area contributed by atoms with Gasteiger partial charge in [0.1, 0.15) is 0 Å². The fourth-order valence-corrected chi connectivity index (χ4v) is 2.16. The van der Waals surface area contributed by atoms with Gasteiger partial charge in [0.05, 0.1) is 25.3 Å². The number of halogens is 3. The Kier molecular flexibility index (Phi) is 7.09. The minimum absolute atomic E-state index is 0.100. The first-order valence-electron chi connectivity index (χ1n) is 6.88. The van der Waals surface area contributed by atoms with Gasteiger partial charge in [-0.1, -0.05) is 11.6 Å². The highest BCUT2D eigenvalue weighted by molar-refractivity contribution is 6.37. The van der Waals surface area contributed by atoms with E-state index in [1.807, 2.05) is 0 Å². The number of benzene rings is 1. The molecule has 0 heterocycles. The lowest BCUT2D eigenvalue weighted by molar-refractivity contribution is -0.158. The number of esters is 2. The molecule has 1 aromatic rings. The van der Waals surface area contributed by atoms with Crippen LogP contribution in [0.2, 0.25) is 5.02 Å². The second kappa shape index (κ2) is 8.58. The van der Waals surface area contributed by atoms with E-state index in [0.717, 1.165) is 7.11 Å². The maximum Gasteiger partial charge on any atom is 0.328 e. The molecule has 24 heavy (non-hydrogen) atoms. The molecule has 132 valence electrons. The van der Waals surface area contributed by atoms with E-state index >= 15 is 0 Å². The zero-order valence-electron chi connectivity index (χ0n) is 13.2. The van der Waals surface area contributed by atoms with E-state index in [0.29, 0.717) is 6.07 Å². The first-order valence-corrected chi connectivity index (χ1v) is 7.26. The lowest BCUT2D eigenvalue weighted by Gasteiger charge is -2.15. The van der Waals surface area contributed by atoms with E-state index in [1.165, 1.54) is 13.8 Å². The van der Waals surface area contributed by atoms with E-state index in [9.17, 15) is 23.2 Å². The standard InChI is InChI=1S/C15H15ClF2O6/c1-4-23-14(20)9(15(21)24-5-2)12(19)7-6-8(17)11(18)13(22-3)10(7)16/h6,9H,4-5H2,1-3H3. The van der Waals surface area contributed by atoms with Gasteiger partial charge in [0, 0.05) is 5.56 Å². The van der Waals surface area contributed by atoms with Gasteiger partial charge in [0.2, 0.25) is 11.7 Å². The summed E-state index contributed by atoms with van der Waals surface area (Å²) in [5.74, 6) is -9.09. The molecule has 0 amide bonds. The zero-order valence-corrected chi connectivity index (χ0v) is 13.9. The van der Waals surface area contributed by atoms with Crippen LogP contribution in [0.15, 0.2) is 6.07 Å². The maximum absolute atomic E-state index is 13.6. The van der Waals surface area contributed by atoms with Gasteiger partial charge in [0.25, 0.3) is 0 Å². The number of carbonyl (C=O) groups is 3. The number of carbonyl (C=O) groups excluding carboxylic acids is 3. The summed E-state index contributed by atoms with van der Waals surface area (Å²) < 4.78 is 41.2. The number of ether oxygens (including phenoxy) is 3. The smallest absolute Gasteiger partial charge is 0.328 e. The summed E-state index contributed by atoms with van der Waals surface area (Å²) in [6.07, 6.45) is 0. The fraction of sp³-hybridized carbons (Fsp3) is 0.400. The van der Waals surface area contributed by atoms with Crippen LogP contribution in [0.1, 0.15) is 24.2 Å². The van der Waals surface area contributed by atoms with Gasteiger partial charge in [-0.15, -0.1) is 0 Å². The Hall–Kier alpha value is -2.22. The Morgan fingerprint density at radius 3 is 2.04 bits per heavy atom. The molecular formula is C15H15ClF2O6. The van der Waals surface area contributed by atoms with Gasteiger partial charge in [-0.3, -0.25) is 14.4 Å². The first kappa shape index (κ1) is 19.8. The number of hydrogen-bond donors (Lipinski definition) is 0. The van der Waals surface area contributed by atoms with Crippen LogP contribution in [0.4, 0.5) is 8.78 Å². The molecule has 0 aromatic heterocycles. The van der Waals surface area contributed by atoms with E-state index in [1.54, 1.807) is 0 Å². The number of hydrogen-bond acceptors (Lipinski definition) is 6. The Balaban J connectivity index is 3.41. The van der Waals surface area contributed by atoms with Gasteiger partial charge < -0.3 is 14.2 Å². The second-order valence-electron chi connectivity index (χ2n) is 4.37. The van der Waals surface area contributed by atoms with Crippen molar-refractivity contribution in [2.45, 2.75) is 13.8 Å². The van der Waals surface area contributed by atoms with Crippen molar-refractivity contribution in [1.82, 2.24) is 0 Å². The molecule has 0 aliphatic rings. The van der Waals surface area contributed by atoms with Crippen molar-refractivity contribution in [3.8, 4) is 5.75 Å². The maximum atomic E-state index is 13.6. The summed E-state index contributed by atoms with van der Waals surface area (Å²) >= 11 is 5.83. The molecule has 1 aromatic carbocycles. The monoisotopic (exact) mass is 364 g/mol. The molecule has 0 aliphatic carbocycles. The van der Waals surface area contributed by atoms with Crippen molar-refractivity contribution in [3.63, 3.8) is 0 Å². The van der Waals surface area contributed by atoms with Gasteiger partial charge in [-0.05, 0) is 19.9 Å². The first-order chi connectivity index (χ1) is 11.3. The normalized spacial score (nSPS) is 10.5. The predicted octanol–water partition coefficient (Wildman–Crippen LogP) is 2.55. The van der Waals surface area contributed by atoms with Crippen LogP contribution < -0.4 is 4.74 Å². The van der Waals surface area contributed by atoms with Crippen LogP contribution >= 0.6 is 11.6 Å². The summed E-state index contributed by atoms with van der Waals surface area (Å²) in [5, 5.41) is -0.569. The molecule has 0 spiro atoms. The van der Waals surface area contributed by atoms with Crippen LogP contribution in [0.25, 0.3) is 0 Å². The number of ketones is 1. The zero-order chi connectivity index (χ0) is 18.4. The molecule has 9 heteroatoms. The van der Waals surface area contributed by atoms with Crippen LogP contribution in [0.5, 0.6) is 5.75 Å². The number of methoxy groups -OCH3 is 1. The molecule has 1 rings (SSSR count). The average Bonchev–Trinajstić information content (AvgIpc) is 2.52. The Morgan fingerprint density at radius 1 is 1.12 bits per heavy atom. The SMILES string of the molecule is CCOC(=O)C(C(=O)OCC)C(=O)c1cc(F)c(F)c(OC)c1Cl. The minimum atomic E-state index is -2.00. The van der Waals surface area contributed by atoms with Crippen molar-refractivity contribution < 1.29 is 37.4 Å². The topological polar surface area (TPSA) is 78.9 Å². The highest BCUT2D eigenvalue weighted by Gasteiger charge is 2.39. The largest absolute Gasteiger partial charge is 0.492 e. The molecule has 0 saturated heterocycles. The van der Waals surface area contributed by atoms with Crippen LogP contribution in [0.3, 0.4) is 0 Å². The molecule has 0 aliphatic heterocycles. The quantitative estimate of drug-likeness (QED) is 0.320. The molecule has 6 nitrogen and oxygen atoms in total.